The summed E-state index contributed by atoms with van der Waals surface area (Å²) >= 11 is 3.02. The van der Waals surface area contributed by atoms with Crippen LogP contribution in [-0.2, 0) is 0 Å². The molecule has 0 heterocycles. The molecule has 0 fully saturated rings. The van der Waals surface area contributed by atoms with Crippen molar-refractivity contribution in [2.75, 3.05) is 5.33 Å². The Morgan fingerprint density at radius 2 is 1.78 bits per heavy atom. The highest BCUT2D eigenvalue weighted by atomic mass is 79.9. The van der Waals surface area contributed by atoms with Crippen LogP contribution >= 0.6 is 15.9 Å². The summed E-state index contributed by atoms with van der Waals surface area (Å²) in [5.74, 6) is 0. The lowest BCUT2D eigenvalue weighted by Crippen LogP contribution is -2.11. The van der Waals surface area contributed by atoms with E-state index in [4.69, 9.17) is 0 Å². The van der Waals surface area contributed by atoms with Gasteiger partial charge >= 0.3 is 0 Å². The minimum Gasteiger partial charge on any atom is -0.241 e. The van der Waals surface area contributed by atoms with Gasteiger partial charge in [0, 0.05) is 5.33 Å². The van der Waals surface area contributed by atoms with Gasteiger partial charge in [-0.1, -0.05) is 15.9 Å². The van der Waals surface area contributed by atoms with E-state index in [9.17, 15) is 13.2 Å². The topological polar surface area (TPSA) is 0 Å². The zero-order valence-corrected chi connectivity index (χ0v) is 6.37. The molecule has 0 aromatic rings. The van der Waals surface area contributed by atoms with Crippen LogP contribution in [0.5, 0.6) is 0 Å². The fourth-order valence-corrected chi connectivity index (χ4v) is 0.722. The molecule has 4 heteroatoms. The van der Waals surface area contributed by atoms with E-state index in [1.54, 1.807) is 0 Å². The van der Waals surface area contributed by atoms with E-state index >= 15 is 0 Å². The van der Waals surface area contributed by atoms with Gasteiger partial charge in [-0.15, -0.1) is 0 Å². The predicted octanol–water partition coefficient (Wildman–Crippen LogP) is 2.76. The van der Waals surface area contributed by atoms with E-state index in [-0.39, 0.29) is 6.42 Å². The SMILES string of the molecule is FC(F)C(F)CCCBr. The molecule has 0 saturated heterocycles. The Labute approximate surface area is 60.6 Å². The lowest BCUT2D eigenvalue weighted by molar-refractivity contribution is 0.0453. The molecule has 56 valence electrons. The van der Waals surface area contributed by atoms with Crippen LogP contribution in [0.1, 0.15) is 12.8 Å². The Balaban J connectivity index is 3.16. The van der Waals surface area contributed by atoms with Gasteiger partial charge in [0.1, 0.15) is 0 Å². The fourth-order valence-electron chi connectivity index (χ4n) is 0.398. The number of halogens is 4. The minimum atomic E-state index is -2.82. The summed E-state index contributed by atoms with van der Waals surface area (Å²) in [5.41, 5.74) is 0. The van der Waals surface area contributed by atoms with Crippen LogP contribution in [0.25, 0.3) is 0 Å². The lowest BCUT2D eigenvalue weighted by Gasteiger charge is -2.03. The van der Waals surface area contributed by atoms with Crippen LogP contribution in [-0.4, -0.2) is 17.9 Å². The molecule has 0 aliphatic carbocycles. The molecule has 0 rings (SSSR count). The first-order valence-electron chi connectivity index (χ1n) is 2.66. The summed E-state index contributed by atoms with van der Waals surface area (Å²) in [5, 5.41) is 0.583. The van der Waals surface area contributed by atoms with Crippen LogP contribution < -0.4 is 0 Å². The third-order valence-corrected chi connectivity index (χ3v) is 1.45. The van der Waals surface area contributed by atoms with Crippen molar-refractivity contribution in [3.63, 3.8) is 0 Å². The molecule has 1 unspecified atom stereocenters. The Morgan fingerprint density at radius 3 is 2.11 bits per heavy atom. The van der Waals surface area contributed by atoms with E-state index in [1.165, 1.54) is 0 Å². The van der Waals surface area contributed by atoms with Gasteiger partial charge in [0.05, 0.1) is 0 Å². The van der Waals surface area contributed by atoms with Crippen molar-refractivity contribution in [2.24, 2.45) is 0 Å². The normalized spacial score (nSPS) is 14.3. The van der Waals surface area contributed by atoms with E-state index in [0.717, 1.165) is 0 Å². The molecule has 9 heavy (non-hydrogen) atoms. The lowest BCUT2D eigenvalue weighted by atomic mass is 10.2. The molecular formula is C5H8BrF3. The second-order valence-electron chi connectivity index (χ2n) is 1.68. The second-order valence-corrected chi connectivity index (χ2v) is 2.47. The van der Waals surface area contributed by atoms with Gasteiger partial charge in [-0.05, 0) is 12.8 Å². The van der Waals surface area contributed by atoms with Gasteiger partial charge in [-0.25, -0.2) is 13.2 Å². The van der Waals surface area contributed by atoms with Crippen LogP contribution in [0.3, 0.4) is 0 Å². The highest BCUT2D eigenvalue weighted by Crippen LogP contribution is 2.11. The molecule has 0 nitrogen and oxygen atoms in total. The Hall–Kier alpha value is 0.270. The highest BCUT2D eigenvalue weighted by Gasteiger charge is 2.17. The zero-order valence-electron chi connectivity index (χ0n) is 4.79. The van der Waals surface area contributed by atoms with Crippen molar-refractivity contribution >= 4 is 15.9 Å². The van der Waals surface area contributed by atoms with Crippen molar-refractivity contribution < 1.29 is 13.2 Å². The van der Waals surface area contributed by atoms with Crippen LogP contribution in [0, 0.1) is 0 Å². The zero-order chi connectivity index (χ0) is 7.28. The number of rotatable bonds is 4. The summed E-state index contributed by atoms with van der Waals surface area (Å²) in [7, 11) is 0. The third-order valence-electron chi connectivity index (χ3n) is 0.887. The van der Waals surface area contributed by atoms with Gasteiger partial charge in [0.25, 0.3) is 6.43 Å². The number of hydrogen-bond donors (Lipinski definition) is 0. The Bertz CT molecular complexity index is 67.2. The highest BCUT2D eigenvalue weighted by molar-refractivity contribution is 9.09. The summed E-state index contributed by atoms with van der Waals surface area (Å²) in [6.07, 6.45) is -4.35. The average molecular weight is 205 g/mol. The quantitative estimate of drug-likeness (QED) is 0.619. The van der Waals surface area contributed by atoms with Crippen molar-refractivity contribution in [1.82, 2.24) is 0 Å². The maximum absolute atomic E-state index is 11.9. The molecule has 0 N–H and O–H groups in total. The summed E-state index contributed by atoms with van der Waals surface area (Å²) in [4.78, 5) is 0. The van der Waals surface area contributed by atoms with Crippen molar-refractivity contribution in [2.45, 2.75) is 25.4 Å². The first kappa shape index (κ1) is 9.27. The molecular weight excluding hydrogens is 197 g/mol. The smallest absolute Gasteiger partial charge is 0.241 e. The molecule has 0 amide bonds. The van der Waals surface area contributed by atoms with Crippen molar-refractivity contribution in [1.29, 1.82) is 0 Å². The van der Waals surface area contributed by atoms with E-state index in [1.807, 2.05) is 0 Å². The van der Waals surface area contributed by atoms with Gasteiger partial charge < -0.3 is 0 Å². The van der Waals surface area contributed by atoms with Gasteiger partial charge in [0.15, 0.2) is 6.17 Å². The van der Waals surface area contributed by atoms with Gasteiger partial charge in [-0.2, -0.15) is 0 Å². The summed E-state index contributed by atoms with van der Waals surface area (Å²) in [6.45, 7) is 0. The Kier molecular flexibility index (Phi) is 5.24. The van der Waals surface area contributed by atoms with Gasteiger partial charge in [-0.3, -0.25) is 0 Å². The van der Waals surface area contributed by atoms with Crippen LogP contribution in [0.2, 0.25) is 0 Å². The average Bonchev–Trinajstić information content (AvgIpc) is 1.82. The fraction of sp³-hybridized carbons (Fsp3) is 1.00. The van der Waals surface area contributed by atoms with Crippen molar-refractivity contribution in [3.05, 3.63) is 0 Å². The van der Waals surface area contributed by atoms with E-state index < -0.39 is 12.6 Å². The molecule has 0 saturated carbocycles. The molecule has 0 spiro atoms. The monoisotopic (exact) mass is 204 g/mol. The van der Waals surface area contributed by atoms with Crippen LogP contribution in [0.4, 0.5) is 13.2 Å². The molecule has 0 bridgehead atoms. The molecule has 1 atom stereocenters. The maximum Gasteiger partial charge on any atom is 0.269 e. The van der Waals surface area contributed by atoms with Gasteiger partial charge in [0.2, 0.25) is 0 Å². The standard InChI is InChI=1S/C5H8BrF3/c6-3-1-2-4(7)5(8)9/h4-5H,1-3H2. The summed E-state index contributed by atoms with van der Waals surface area (Å²) < 4.78 is 34.7. The maximum atomic E-state index is 11.9. The van der Waals surface area contributed by atoms with E-state index in [2.05, 4.69) is 15.9 Å². The molecule has 0 aliphatic rings. The molecule has 0 aliphatic heterocycles. The van der Waals surface area contributed by atoms with Crippen molar-refractivity contribution in [3.8, 4) is 0 Å². The number of alkyl halides is 4. The summed E-state index contributed by atoms with van der Waals surface area (Å²) in [6, 6.07) is 0. The molecule has 0 radical (unpaired) electrons. The predicted molar refractivity (Wildman–Crippen MR) is 33.9 cm³/mol. The number of hydrogen-bond acceptors (Lipinski definition) is 0. The first-order chi connectivity index (χ1) is 4.18. The van der Waals surface area contributed by atoms with E-state index in [0.29, 0.717) is 11.8 Å². The Morgan fingerprint density at radius 1 is 1.22 bits per heavy atom. The second kappa shape index (κ2) is 5.09. The molecule has 0 aromatic heterocycles. The van der Waals surface area contributed by atoms with Crippen LogP contribution in [0.15, 0.2) is 0 Å². The largest absolute Gasteiger partial charge is 0.269 e. The third kappa shape index (κ3) is 4.75. The minimum absolute atomic E-state index is 0.0527. The first-order valence-corrected chi connectivity index (χ1v) is 3.78. The molecule has 0 aromatic carbocycles.